The minimum Gasteiger partial charge on any atom is -0.494 e. The van der Waals surface area contributed by atoms with Crippen LogP contribution in [-0.4, -0.2) is 28.3 Å². The summed E-state index contributed by atoms with van der Waals surface area (Å²) in [5, 5.41) is 17.1. The van der Waals surface area contributed by atoms with Gasteiger partial charge in [-0.15, -0.1) is 5.10 Å². The lowest BCUT2D eigenvalue weighted by molar-refractivity contribution is 0.0696. The van der Waals surface area contributed by atoms with E-state index >= 15 is 0 Å². The molecule has 1 N–H and O–H groups in total. The first-order valence-corrected chi connectivity index (χ1v) is 4.47. The van der Waals surface area contributed by atoms with Crippen LogP contribution in [0.15, 0.2) is 18.2 Å². The number of carbonyl (C=O) groups is 1. The highest BCUT2D eigenvalue weighted by Crippen LogP contribution is 2.25. The van der Waals surface area contributed by atoms with Crippen molar-refractivity contribution < 1.29 is 18.8 Å². The predicted octanol–water partition coefficient (Wildman–Crippen LogP) is 1.65. The Bertz CT molecular complexity index is 655. The molecule has 16 heavy (non-hydrogen) atoms. The Hall–Kier alpha value is -2.17. The SMILES string of the molecule is [2H]C([2H])([2H])Oc1cc(C(=O)O)cc2cc(C)nnc12. The highest BCUT2D eigenvalue weighted by molar-refractivity contribution is 5.95. The molecular formula is C11H10N2O3. The topological polar surface area (TPSA) is 72.3 Å². The van der Waals surface area contributed by atoms with Crippen LogP contribution in [0.1, 0.15) is 20.2 Å². The first-order valence-electron chi connectivity index (χ1n) is 5.97. The Morgan fingerprint density at radius 3 is 2.94 bits per heavy atom. The normalized spacial score (nSPS) is 13.9. The maximum Gasteiger partial charge on any atom is 0.335 e. The molecule has 0 aliphatic rings. The first kappa shape index (κ1) is 7.16. The molecule has 2 aromatic rings. The Labute approximate surface area is 95.9 Å². The van der Waals surface area contributed by atoms with Gasteiger partial charge in [0.15, 0.2) is 0 Å². The molecule has 1 heterocycles. The zero-order valence-corrected chi connectivity index (χ0v) is 8.39. The molecule has 0 amide bonds. The number of benzene rings is 1. The van der Waals surface area contributed by atoms with E-state index in [0.29, 0.717) is 11.1 Å². The molecule has 0 bridgehead atoms. The fraction of sp³-hybridized carbons (Fsp3) is 0.182. The van der Waals surface area contributed by atoms with Crippen molar-refractivity contribution in [2.45, 2.75) is 6.92 Å². The lowest BCUT2D eigenvalue weighted by Gasteiger charge is -2.06. The van der Waals surface area contributed by atoms with E-state index in [1.54, 1.807) is 13.0 Å². The van der Waals surface area contributed by atoms with E-state index in [1.807, 2.05) is 0 Å². The summed E-state index contributed by atoms with van der Waals surface area (Å²) < 4.78 is 26.0. The Kier molecular flexibility index (Phi) is 1.69. The molecule has 0 saturated carbocycles. The van der Waals surface area contributed by atoms with Crippen LogP contribution in [-0.2, 0) is 0 Å². The summed E-state index contributed by atoms with van der Waals surface area (Å²) in [4.78, 5) is 11.0. The molecule has 0 unspecified atom stereocenters. The van der Waals surface area contributed by atoms with Gasteiger partial charge in [-0.25, -0.2) is 4.79 Å². The van der Waals surface area contributed by atoms with Crippen LogP contribution < -0.4 is 4.74 Å². The zero-order valence-electron chi connectivity index (χ0n) is 11.4. The summed E-state index contributed by atoms with van der Waals surface area (Å²) in [6.45, 7) is 1.70. The van der Waals surface area contributed by atoms with E-state index in [2.05, 4.69) is 10.2 Å². The highest BCUT2D eigenvalue weighted by Gasteiger charge is 2.10. The molecule has 0 aliphatic carbocycles. The molecular weight excluding hydrogens is 208 g/mol. The van der Waals surface area contributed by atoms with Gasteiger partial charge >= 0.3 is 5.97 Å². The minimum atomic E-state index is -2.68. The van der Waals surface area contributed by atoms with Gasteiger partial charge in [0.1, 0.15) is 11.3 Å². The standard InChI is InChI=1S/C11H10N2O3/c1-6-3-7-4-8(11(14)15)5-9(16-2)10(7)13-12-6/h3-5H,1-2H3,(H,14,15)/i2D3. The number of ether oxygens (including phenoxy) is 1. The number of hydrogen-bond donors (Lipinski definition) is 1. The van der Waals surface area contributed by atoms with Gasteiger partial charge in [0.2, 0.25) is 0 Å². The number of aromatic carboxylic acids is 1. The molecule has 1 aromatic heterocycles. The van der Waals surface area contributed by atoms with Crippen LogP contribution in [0.3, 0.4) is 0 Å². The van der Waals surface area contributed by atoms with Gasteiger partial charge in [-0.1, -0.05) is 0 Å². The van der Waals surface area contributed by atoms with Crippen LogP contribution in [0.25, 0.3) is 10.9 Å². The smallest absolute Gasteiger partial charge is 0.335 e. The molecule has 0 radical (unpaired) electrons. The van der Waals surface area contributed by atoms with Crippen LogP contribution in [0.5, 0.6) is 5.75 Å². The average molecular weight is 221 g/mol. The summed E-state index contributed by atoms with van der Waals surface area (Å²) in [5.41, 5.74) is 0.737. The van der Waals surface area contributed by atoms with Gasteiger partial charge in [-0.2, -0.15) is 5.10 Å². The summed E-state index contributed by atoms with van der Waals surface area (Å²) in [6.07, 6.45) is 0. The number of aromatic nitrogens is 2. The van der Waals surface area contributed by atoms with E-state index in [-0.39, 0.29) is 16.8 Å². The monoisotopic (exact) mass is 221 g/mol. The van der Waals surface area contributed by atoms with Crippen molar-refractivity contribution in [3.05, 3.63) is 29.5 Å². The minimum absolute atomic E-state index is 0.0702. The van der Waals surface area contributed by atoms with Gasteiger partial charge < -0.3 is 9.84 Å². The summed E-state index contributed by atoms with van der Waals surface area (Å²) >= 11 is 0. The number of aryl methyl sites for hydroxylation is 1. The predicted molar refractivity (Wildman–Crippen MR) is 57.8 cm³/mol. The van der Waals surface area contributed by atoms with E-state index in [0.717, 1.165) is 6.07 Å². The molecule has 82 valence electrons. The van der Waals surface area contributed by atoms with Crippen molar-refractivity contribution >= 4 is 16.9 Å². The molecule has 5 nitrogen and oxygen atoms in total. The lowest BCUT2D eigenvalue weighted by atomic mass is 10.1. The molecule has 0 saturated heterocycles. The van der Waals surface area contributed by atoms with Gasteiger partial charge in [-0.05, 0) is 25.1 Å². The van der Waals surface area contributed by atoms with Crippen LogP contribution in [0, 0.1) is 6.92 Å². The van der Waals surface area contributed by atoms with Gasteiger partial charge in [-0.3, -0.25) is 0 Å². The van der Waals surface area contributed by atoms with Crippen molar-refractivity contribution in [2.75, 3.05) is 7.04 Å². The van der Waals surface area contributed by atoms with Crippen LogP contribution >= 0.6 is 0 Å². The quantitative estimate of drug-likeness (QED) is 0.834. The van der Waals surface area contributed by atoms with E-state index in [1.165, 1.54) is 6.07 Å². The first-order chi connectivity index (χ1) is 8.76. The third kappa shape index (κ3) is 1.67. The van der Waals surface area contributed by atoms with Crippen molar-refractivity contribution in [3.8, 4) is 5.75 Å². The lowest BCUT2D eigenvalue weighted by Crippen LogP contribution is -1.99. The molecule has 0 atom stereocenters. The summed E-state index contributed by atoms with van der Waals surface area (Å²) in [6, 6.07) is 4.13. The van der Waals surface area contributed by atoms with Crippen molar-refractivity contribution in [1.29, 1.82) is 0 Å². The summed E-state index contributed by atoms with van der Waals surface area (Å²) in [5.74, 6) is -1.30. The van der Waals surface area contributed by atoms with Crippen LogP contribution in [0.4, 0.5) is 0 Å². The summed E-state index contributed by atoms with van der Waals surface area (Å²) in [7, 11) is -2.68. The van der Waals surface area contributed by atoms with Gasteiger partial charge in [0.25, 0.3) is 0 Å². The molecule has 5 heteroatoms. The number of fused-ring (bicyclic) bond motifs is 1. The van der Waals surface area contributed by atoms with Crippen molar-refractivity contribution in [2.24, 2.45) is 0 Å². The second-order valence-electron chi connectivity index (χ2n) is 3.31. The van der Waals surface area contributed by atoms with Crippen molar-refractivity contribution in [3.63, 3.8) is 0 Å². The Morgan fingerprint density at radius 1 is 1.44 bits per heavy atom. The second-order valence-corrected chi connectivity index (χ2v) is 3.31. The molecule has 2 rings (SSSR count). The maximum absolute atomic E-state index is 11.0. The molecule has 0 aliphatic heterocycles. The number of nitrogens with zero attached hydrogens (tertiary/aromatic N) is 2. The third-order valence-corrected chi connectivity index (χ3v) is 2.13. The van der Waals surface area contributed by atoms with E-state index in [4.69, 9.17) is 14.0 Å². The Balaban J connectivity index is 2.68. The molecule has 0 fully saturated rings. The van der Waals surface area contributed by atoms with E-state index < -0.39 is 13.0 Å². The molecule has 1 aromatic carbocycles. The number of rotatable bonds is 2. The average Bonchev–Trinajstić information content (AvgIpc) is 2.25. The number of carboxylic acids is 1. The number of methoxy groups -OCH3 is 1. The number of hydrogen-bond acceptors (Lipinski definition) is 4. The Morgan fingerprint density at radius 2 is 2.25 bits per heavy atom. The second kappa shape index (κ2) is 3.77. The van der Waals surface area contributed by atoms with Gasteiger partial charge in [0.05, 0.1) is 22.4 Å². The fourth-order valence-electron chi connectivity index (χ4n) is 1.43. The van der Waals surface area contributed by atoms with Crippen molar-refractivity contribution in [1.82, 2.24) is 10.2 Å². The van der Waals surface area contributed by atoms with E-state index in [9.17, 15) is 4.79 Å². The van der Waals surface area contributed by atoms with Crippen LogP contribution in [0.2, 0.25) is 0 Å². The third-order valence-electron chi connectivity index (χ3n) is 2.13. The molecule has 0 spiro atoms. The zero-order chi connectivity index (χ0) is 14.2. The fourth-order valence-corrected chi connectivity index (χ4v) is 1.43. The number of carboxylic acid groups (broad SMARTS) is 1. The highest BCUT2D eigenvalue weighted by atomic mass is 16.5. The maximum atomic E-state index is 11.0. The largest absolute Gasteiger partial charge is 0.494 e. The van der Waals surface area contributed by atoms with Gasteiger partial charge in [0, 0.05) is 5.39 Å².